The minimum Gasteiger partial charge on any atom is -0.496 e. The Labute approximate surface area is 115 Å². The number of halogens is 1. The van der Waals surface area contributed by atoms with Crippen molar-refractivity contribution < 1.29 is 9.53 Å². The van der Waals surface area contributed by atoms with Crippen molar-refractivity contribution in [2.45, 2.75) is 12.8 Å². The van der Waals surface area contributed by atoms with Crippen LogP contribution in [-0.2, 0) is 11.2 Å². The van der Waals surface area contributed by atoms with Crippen molar-refractivity contribution in [1.29, 1.82) is 0 Å². The second kappa shape index (κ2) is 8.78. The van der Waals surface area contributed by atoms with Crippen molar-refractivity contribution in [1.82, 2.24) is 4.90 Å². The van der Waals surface area contributed by atoms with Crippen LogP contribution in [0.15, 0.2) is 24.3 Å². The Morgan fingerprint density at radius 1 is 1.39 bits per heavy atom. The number of hydrogen-bond donors (Lipinski definition) is 1. The molecule has 0 heterocycles. The highest BCUT2D eigenvalue weighted by atomic mass is 35.5. The van der Waals surface area contributed by atoms with Crippen molar-refractivity contribution in [3.05, 3.63) is 29.8 Å². The maximum absolute atomic E-state index is 11.5. The van der Waals surface area contributed by atoms with Crippen molar-refractivity contribution >= 4 is 18.3 Å². The predicted molar refractivity (Wildman–Crippen MR) is 75.3 cm³/mol. The minimum absolute atomic E-state index is 0. The lowest BCUT2D eigenvalue weighted by Gasteiger charge is -2.17. The first-order chi connectivity index (χ1) is 8.19. The second-order valence-corrected chi connectivity index (χ2v) is 3.92. The molecular weight excluding hydrogens is 252 g/mol. The Bertz CT molecular complexity index is 372. The van der Waals surface area contributed by atoms with Crippen molar-refractivity contribution in [3.63, 3.8) is 0 Å². The molecule has 4 nitrogen and oxygen atoms in total. The maximum atomic E-state index is 11.5. The number of carbonyl (C=O) groups excluding carboxylic acids is 1. The number of methoxy groups -OCH3 is 1. The number of para-hydroxylation sites is 1. The summed E-state index contributed by atoms with van der Waals surface area (Å²) in [4.78, 5) is 13.2. The summed E-state index contributed by atoms with van der Waals surface area (Å²) >= 11 is 0. The highest BCUT2D eigenvalue weighted by Crippen LogP contribution is 2.17. The number of likely N-dealkylation sites (N-methyl/N-ethyl adjacent to an activating group) is 1. The standard InChI is InChI=1S/C13H20N2O2.ClH/c1-15(13(16)7-9-14)10-8-11-5-3-4-6-12(11)17-2;/h3-6H,7-10,14H2,1-2H3;1H. The average Bonchev–Trinajstić information content (AvgIpc) is 2.36. The molecule has 0 unspecified atom stereocenters. The number of hydrogen-bond acceptors (Lipinski definition) is 3. The molecule has 1 aromatic carbocycles. The van der Waals surface area contributed by atoms with Gasteiger partial charge in [-0.1, -0.05) is 18.2 Å². The molecule has 1 amide bonds. The Morgan fingerprint density at radius 2 is 2.06 bits per heavy atom. The molecule has 0 fully saturated rings. The van der Waals surface area contributed by atoms with Crippen LogP contribution >= 0.6 is 12.4 Å². The summed E-state index contributed by atoms with van der Waals surface area (Å²) in [6, 6.07) is 7.85. The number of rotatable bonds is 6. The molecule has 5 heteroatoms. The molecule has 2 N–H and O–H groups in total. The van der Waals surface area contributed by atoms with Gasteiger partial charge in [0.05, 0.1) is 7.11 Å². The fraction of sp³-hybridized carbons (Fsp3) is 0.462. The zero-order chi connectivity index (χ0) is 12.7. The second-order valence-electron chi connectivity index (χ2n) is 3.92. The monoisotopic (exact) mass is 272 g/mol. The van der Waals surface area contributed by atoms with E-state index in [-0.39, 0.29) is 18.3 Å². The van der Waals surface area contributed by atoms with E-state index in [0.717, 1.165) is 17.7 Å². The molecule has 0 spiro atoms. The van der Waals surface area contributed by atoms with E-state index in [4.69, 9.17) is 10.5 Å². The van der Waals surface area contributed by atoms with Crippen molar-refractivity contribution in [3.8, 4) is 5.75 Å². The van der Waals surface area contributed by atoms with E-state index in [2.05, 4.69) is 0 Å². The number of ether oxygens (including phenoxy) is 1. The molecule has 0 saturated carbocycles. The summed E-state index contributed by atoms with van der Waals surface area (Å²) in [6.45, 7) is 1.08. The zero-order valence-electron chi connectivity index (χ0n) is 10.9. The fourth-order valence-corrected chi connectivity index (χ4v) is 1.64. The first-order valence-electron chi connectivity index (χ1n) is 5.75. The van der Waals surface area contributed by atoms with Gasteiger partial charge in [0, 0.05) is 26.6 Å². The van der Waals surface area contributed by atoms with Gasteiger partial charge in [-0.2, -0.15) is 0 Å². The smallest absolute Gasteiger partial charge is 0.223 e. The first-order valence-corrected chi connectivity index (χ1v) is 5.75. The third-order valence-electron chi connectivity index (χ3n) is 2.69. The van der Waals surface area contributed by atoms with Gasteiger partial charge in [-0.05, 0) is 18.1 Å². The van der Waals surface area contributed by atoms with Crippen LogP contribution in [0.25, 0.3) is 0 Å². The van der Waals surface area contributed by atoms with E-state index in [1.807, 2.05) is 24.3 Å². The molecule has 0 saturated heterocycles. The van der Waals surface area contributed by atoms with Crippen molar-refractivity contribution in [2.75, 3.05) is 27.2 Å². The third kappa shape index (κ3) is 4.94. The molecular formula is C13H21ClN2O2. The van der Waals surface area contributed by atoms with Gasteiger partial charge in [0.25, 0.3) is 0 Å². The topological polar surface area (TPSA) is 55.6 Å². The molecule has 1 rings (SSSR count). The number of nitrogens with zero attached hydrogens (tertiary/aromatic N) is 1. The van der Waals surface area contributed by atoms with E-state index in [0.29, 0.717) is 19.5 Å². The summed E-state index contributed by atoms with van der Waals surface area (Å²) in [5, 5.41) is 0. The summed E-state index contributed by atoms with van der Waals surface area (Å²) in [6.07, 6.45) is 1.19. The quantitative estimate of drug-likeness (QED) is 0.853. The fourth-order valence-electron chi connectivity index (χ4n) is 1.64. The van der Waals surface area contributed by atoms with Gasteiger partial charge in [-0.15, -0.1) is 12.4 Å². The lowest BCUT2D eigenvalue weighted by molar-refractivity contribution is -0.129. The molecule has 0 atom stereocenters. The number of amides is 1. The summed E-state index contributed by atoms with van der Waals surface area (Å²) in [5.74, 6) is 0.953. The average molecular weight is 273 g/mol. The van der Waals surface area contributed by atoms with Gasteiger partial charge in [-0.3, -0.25) is 4.79 Å². The van der Waals surface area contributed by atoms with Crippen molar-refractivity contribution in [2.24, 2.45) is 5.73 Å². The van der Waals surface area contributed by atoms with Gasteiger partial charge in [-0.25, -0.2) is 0 Å². The lowest BCUT2D eigenvalue weighted by Crippen LogP contribution is -2.30. The van der Waals surface area contributed by atoms with Crippen LogP contribution in [0, 0.1) is 0 Å². The van der Waals surface area contributed by atoms with Crippen LogP contribution in [0.1, 0.15) is 12.0 Å². The van der Waals surface area contributed by atoms with Gasteiger partial charge in [0.2, 0.25) is 5.91 Å². The molecule has 102 valence electrons. The molecule has 0 aliphatic rings. The highest BCUT2D eigenvalue weighted by molar-refractivity contribution is 5.85. The lowest BCUT2D eigenvalue weighted by atomic mass is 10.1. The largest absolute Gasteiger partial charge is 0.496 e. The summed E-state index contributed by atoms with van der Waals surface area (Å²) in [7, 11) is 3.45. The molecule has 0 aliphatic heterocycles. The Hall–Kier alpha value is -1.26. The van der Waals surface area contributed by atoms with Crippen LogP contribution in [0.3, 0.4) is 0 Å². The number of nitrogens with two attached hydrogens (primary N) is 1. The first kappa shape index (κ1) is 16.7. The number of carbonyl (C=O) groups is 1. The summed E-state index contributed by atoms with van der Waals surface area (Å²) in [5.41, 5.74) is 6.47. The van der Waals surface area contributed by atoms with Gasteiger partial charge in [0.1, 0.15) is 5.75 Å². The molecule has 0 aromatic heterocycles. The maximum Gasteiger partial charge on any atom is 0.223 e. The van der Waals surface area contributed by atoms with E-state index in [9.17, 15) is 4.79 Å². The third-order valence-corrected chi connectivity index (χ3v) is 2.69. The zero-order valence-corrected chi connectivity index (χ0v) is 11.7. The van der Waals surface area contributed by atoms with Gasteiger partial charge < -0.3 is 15.4 Å². The molecule has 0 radical (unpaired) electrons. The molecule has 1 aromatic rings. The van der Waals surface area contributed by atoms with E-state index < -0.39 is 0 Å². The van der Waals surface area contributed by atoms with Crippen LogP contribution in [0.5, 0.6) is 5.75 Å². The normalized spacial score (nSPS) is 9.50. The Kier molecular flexibility index (Phi) is 8.16. The molecule has 0 bridgehead atoms. The van der Waals surface area contributed by atoms with E-state index in [1.165, 1.54) is 0 Å². The highest BCUT2D eigenvalue weighted by Gasteiger charge is 2.08. The minimum atomic E-state index is 0. The Morgan fingerprint density at radius 3 is 2.67 bits per heavy atom. The SMILES string of the molecule is COc1ccccc1CCN(C)C(=O)CCN.Cl. The number of benzene rings is 1. The predicted octanol–water partition coefficient (Wildman–Crippen LogP) is 1.47. The van der Waals surface area contributed by atoms with Crippen LogP contribution in [0.2, 0.25) is 0 Å². The molecule has 18 heavy (non-hydrogen) atoms. The van der Waals surface area contributed by atoms with E-state index in [1.54, 1.807) is 19.1 Å². The van der Waals surface area contributed by atoms with E-state index >= 15 is 0 Å². The Balaban J connectivity index is 0.00000289. The summed E-state index contributed by atoms with van der Waals surface area (Å²) < 4.78 is 5.26. The molecule has 0 aliphatic carbocycles. The van der Waals surface area contributed by atoms with Crippen LogP contribution in [-0.4, -0.2) is 38.1 Å². The van der Waals surface area contributed by atoms with Gasteiger partial charge >= 0.3 is 0 Å². The van der Waals surface area contributed by atoms with Gasteiger partial charge in [0.15, 0.2) is 0 Å². The van der Waals surface area contributed by atoms with Crippen LogP contribution in [0.4, 0.5) is 0 Å². The van der Waals surface area contributed by atoms with Crippen LogP contribution < -0.4 is 10.5 Å².